The summed E-state index contributed by atoms with van der Waals surface area (Å²) in [6.07, 6.45) is 16.0. The highest BCUT2D eigenvalue weighted by Gasteiger charge is 2.18. The molecule has 0 saturated carbocycles. The molecule has 0 radical (unpaired) electrons. The molecule has 0 saturated heterocycles. The first-order valence-corrected chi connectivity index (χ1v) is 13.5. The van der Waals surface area contributed by atoms with E-state index < -0.39 is 0 Å². The zero-order valence-electron chi connectivity index (χ0n) is 21.8. The van der Waals surface area contributed by atoms with Crippen LogP contribution in [0.4, 0.5) is 0 Å². The lowest BCUT2D eigenvalue weighted by Crippen LogP contribution is -2.13. The summed E-state index contributed by atoms with van der Waals surface area (Å²) in [5.41, 5.74) is 0.935. The maximum atomic E-state index is 12.6. The van der Waals surface area contributed by atoms with Gasteiger partial charge in [-0.25, -0.2) is 0 Å². The van der Waals surface area contributed by atoms with Crippen molar-refractivity contribution in [3.63, 3.8) is 0 Å². The lowest BCUT2D eigenvalue weighted by Gasteiger charge is -2.15. The number of hydrogen-bond acceptors (Lipinski definition) is 4. The van der Waals surface area contributed by atoms with Crippen LogP contribution >= 0.6 is 0 Å². The van der Waals surface area contributed by atoms with Crippen molar-refractivity contribution in [2.24, 2.45) is 5.92 Å². The van der Waals surface area contributed by atoms with Gasteiger partial charge in [-0.15, -0.1) is 0 Å². The number of carbonyl (C=O) groups is 2. The minimum atomic E-state index is -0.250. The van der Waals surface area contributed by atoms with Gasteiger partial charge in [-0.1, -0.05) is 104 Å². The highest BCUT2D eigenvalue weighted by atomic mass is 16.6. The largest absolute Gasteiger partial charge is 0.423 e. The van der Waals surface area contributed by atoms with E-state index in [0.29, 0.717) is 30.3 Å². The van der Waals surface area contributed by atoms with Crippen LogP contribution in [0.1, 0.15) is 130 Å². The van der Waals surface area contributed by atoms with Gasteiger partial charge in [0, 0.05) is 12.8 Å². The van der Waals surface area contributed by atoms with Gasteiger partial charge in [-0.05, 0) is 43.2 Å². The Hall–Kier alpha value is -1.84. The molecule has 0 fully saturated rings. The van der Waals surface area contributed by atoms with Crippen molar-refractivity contribution in [2.75, 3.05) is 0 Å². The van der Waals surface area contributed by atoms with Crippen molar-refractivity contribution in [3.05, 3.63) is 23.8 Å². The van der Waals surface area contributed by atoms with E-state index >= 15 is 0 Å². The lowest BCUT2D eigenvalue weighted by molar-refractivity contribution is -0.137. The van der Waals surface area contributed by atoms with E-state index in [1.54, 1.807) is 6.07 Å². The van der Waals surface area contributed by atoms with E-state index in [1.165, 1.54) is 38.5 Å². The molecule has 33 heavy (non-hydrogen) atoms. The van der Waals surface area contributed by atoms with Gasteiger partial charge in [-0.3, -0.25) is 9.59 Å². The van der Waals surface area contributed by atoms with E-state index in [9.17, 15) is 9.59 Å². The zero-order chi connectivity index (χ0) is 24.3. The molecule has 0 atom stereocenters. The highest BCUT2D eigenvalue weighted by Crippen LogP contribution is 2.34. The minimum Gasteiger partial charge on any atom is -0.423 e. The summed E-state index contributed by atoms with van der Waals surface area (Å²) in [5, 5.41) is 0. The predicted molar refractivity (Wildman–Crippen MR) is 137 cm³/mol. The molecule has 0 aliphatic rings. The van der Waals surface area contributed by atoms with E-state index in [-0.39, 0.29) is 11.9 Å². The maximum absolute atomic E-state index is 12.6. The predicted octanol–water partition coefficient (Wildman–Crippen LogP) is 8.59. The average molecular weight is 461 g/mol. The third-order valence-corrected chi connectivity index (χ3v) is 5.96. The first kappa shape index (κ1) is 29.2. The Morgan fingerprint density at radius 3 is 1.79 bits per heavy atom. The summed E-state index contributed by atoms with van der Waals surface area (Å²) in [5.74, 6) is 0.861. The summed E-state index contributed by atoms with van der Waals surface area (Å²) in [7, 11) is 0. The van der Waals surface area contributed by atoms with E-state index in [4.69, 9.17) is 9.47 Å². The molecule has 0 heterocycles. The summed E-state index contributed by atoms with van der Waals surface area (Å²) in [4.78, 5) is 25.0. The molecule has 1 rings (SSSR count). The topological polar surface area (TPSA) is 52.6 Å². The number of unbranched alkanes of at least 4 members (excludes halogenated alkanes) is 10. The molecular formula is C29H48O4. The number of carbonyl (C=O) groups excluding carboxylic acids is 2. The SMILES string of the molecule is CCCCCCCCC(=O)Oc1cccc(CCC(C)C)c1OC(=O)CCCCCCCC. The van der Waals surface area contributed by atoms with Gasteiger partial charge in [0.15, 0.2) is 11.5 Å². The van der Waals surface area contributed by atoms with Crippen LogP contribution in [0.2, 0.25) is 0 Å². The molecule has 0 bridgehead atoms. The number of ether oxygens (including phenoxy) is 2. The van der Waals surface area contributed by atoms with E-state index in [0.717, 1.165) is 56.9 Å². The number of hydrogen-bond donors (Lipinski definition) is 0. The minimum absolute atomic E-state index is 0.240. The lowest BCUT2D eigenvalue weighted by atomic mass is 10.0. The van der Waals surface area contributed by atoms with Crippen LogP contribution in [0.25, 0.3) is 0 Å². The molecule has 1 aromatic carbocycles. The van der Waals surface area contributed by atoms with Crippen LogP contribution in [0.3, 0.4) is 0 Å². The van der Waals surface area contributed by atoms with Crippen molar-refractivity contribution in [1.82, 2.24) is 0 Å². The number of rotatable bonds is 19. The van der Waals surface area contributed by atoms with Crippen LogP contribution in [-0.2, 0) is 16.0 Å². The quantitative estimate of drug-likeness (QED) is 0.118. The zero-order valence-corrected chi connectivity index (χ0v) is 21.8. The summed E-state index contributed by atoms with van der Waals surface area (Å²) >= 11 is 0. The molecule has 188 valence electrons. The second kappa shape index (κ2) is 18.6. The van der Waals surface area contributed by atoms with Gasteiger partial charge in [0.25, 0.3) is 0 Å². The Balaban J connectivity index is 2.69. The Bertz CT molecular complexity index is 666. The van der Waals surface area contributed by atoms with Crippen LogP contribution in [0.5, 0.6) is 11.5 Å². The number of esters is 2. The van der Waals surface area contributed by atoms with E-state index in [2.05, 4.69) is 27.7 Å². The fourth-order valence-electron chi connectivity index (χ4n) is 3.84. The van der Waals surface area contributed by atoms with E-state index in [1.807, 2.05) is 12.1 Å². The molecule has 0 aromatic heterocycles. The second-order valence-electron chi connectivity index (χ2n) is 9.66. The summed E-state index contributed by atoms with van der Waals surface area (Å²) in [6.45, 7) is 8.75. The standard InChI is InChI=1S/C29H48O4/c1-5-7-9-11-13-15-20-27(30)32-26-19-17-18-25(23-22-24(3)4)29(26)33-28(31)21-16-14-12-10-8-6-2/h17-19,24H,5-16,20-23H2,1-4H3. The van der Waals surface area contributed by atoms with Crippen molar-refractivity contribution in [1.29, 1.82) is 0 Å². The monoisotopic (exact) mass is 460 g/mol. The van der Waals surface area contributed by atoms with Gasteiger partial charge in [0.2, 0.25) is 0 Å². The molecule has 4 heteroatoms. The Labute approximate surface area is 202 Å². The number of benzene rings is 1. The van der Waals surface area contributed by atoms with Crippen molar-refractivity contribution < 1.29 is 19.1 Å². The molecule has 0 aliphatic carbocycles. The van der Waals surface area contributed by atoms with Gasteiger partial charge in [0.05, 0.1) is 0 Å². The van der Waals surface area contributed by atoms with Crippen LogP contribution in [0.15, 0.2) is 18.2 Å². The van der Waals surface area contributed by atoms with Crippen molar-refractivity contribution in [2.45, 2.75) is 130 Å². The Morgan fingerprint density at radius 2 is 1.24 bits per heavy atom. The molecule has 0 aliphatic heterocycles. The smallest absolute Gasteiger partial charge is 0.311 e. The molecule has 0 N–H and O–H groups in total. The molecule has 4 nitrogen and oxygen atoms in total. The summed E-state index contributed by atoms with van der Waals surface area (Å²) in [6, 6.07) is 5.60. The maximum Gasteiger partial charge on any atom is 0.311 e. The normalized spacial score (nSPS) is 11.1. The van der Waals surface area contributed by atoms with Gasteiger partial charge in [0.1, 0.15) is 0 Å². The van der Waals surface area contributed by atoms with Gasteiger partial charge in [-0.2, -0.15) is 0 Å². The molecule has 0 unspecified atom stereocenters. The molecule has 1 aromatic rings. The van der Waals surface area contributed by atoms with Crippen LogP contribution in [0, 0.1) is 5.92 Å². The highest BCUT2D eigenvalue weighted by molar-refractivity contribution is 5.76. The summed E-state index contributed by atoms with van der Waals surface area (Å²) < 4.78 is 11.5. The molecule has 0 amide bonds. The fraction of sp³-hybridized carbons (Fsp3) is 0.724. The van der Waals surface area contributed by atoms with Crippen molar-refractivity contribution in [3.8, 4) is 11.5 Å². The fourth-order valence-corrected chi connectivity index (χ4v) is 3.84. The van der Waals surface area contributed by atoms with Crippen LogP contribution < -0.4 is 9.47 Å². The third kappa shape index (κ3) is 14.1. The first-order chi connectivity index (χ1) is 16.0. The first-order valence-electron chi connectivity index (χ1n) is 13.5. The Morgan fingerprint density at radius 1 is 0.727 bits per heavy atom. The third-order valence-electron chi connectivity index (χ3n) is 5.96. The second-order valence-corrected chi connectivity index (χ2v) is 9.66. The van der Waals surface area contributed by atoms with Gasteiger partial charge < -0.3 is 9.47 Å². The van der Waals surface area contributed by atoms with Crippen molar-refractivity contribution >= 4 is 11.9 Å². The van der Waals surface area contributed by atoms with Gasteiger partial charge >= 0.3 is 11.9 Å². The Kier molecular flexibility index (Phi) is 16.4. The van der Waals surface area contributed by atoms with Crippen LogP contribution in [-0.4, -0.2) is 11.9 Å². The molecule has 0 spiro atoms. The molecular weight excluding hydrogens is 412 g/mol. The number of aryl methyl sites for hydroxylation is 1. The average Bonchev–Trinajstić information content (AvgIpc) is 2.78. The number of para-hydroxylation sites is 1.